The van der Waals surface area contributed by atoms with Crippen molar-refractivity contribution in [3.05, 3.63) is 58.0 Å². The number of hydrogen-bond acceptors (Lipinski definition) is 5. The predicted molar refractivity (Wildman–Crippen MR) is 104 cm³/mol. The Balaban J connectivity index is 1.96. The SMILES string of the molecule is CCOc1cc(Cl)c(/C=C2/SC(=O)N(c3ccccc3)C2=O)cc1OC. The Morgan fingerprint density at radius 3 is 2.54 bits per heavy atom. The third kappa shape index (κ3) is 3.57. The second-order valence-electron chi connectivity index (χ2n) is 5.31. The second-order valence-corrected chi connectivity index (χ2v) is 6.71. The van der Waals surface area contributed by atoms with Crippen LogP contribution in [-0.2, 0) is 4.79 Å². The molecule has 26 heavy (non-hydrogen) atoms. The van der Waals surface area contributed by atoms with Gasteiger partial charge in [0, 0.05) is 6.07 Å². The van der Waals surface area contributed by atoms with Crippen LogP contribution < -0.4 is 14.4 Å². The number of anilines is 1. The minimum absolute atomic E-state index is 0.298. The minimum Gasteiger partial charge on any atom is -0.493 e. The van der Waals surface area contributed by atoms with Gasteiger partial charge in [-0.2, -0.15) is 0 Å². The molecular weight excluding hydrogens is 374 g/mol. The molecule has 0 saturated carbocycles. The molecule has 1 aliphatic heterocycles. The molecule has 0 radical (unpaired) electrons. The quantitative estimate of drug-likeness (QED) is 0.674. The number of nitrogens with zero attached hydrogens (tertiary/aromatic N) is 1. The minimum atomic E-state index is -0.380. The lowest BCUT2D eigenvalue weighted by Crippen LogP contribution is -2.27. The largest absolute Gasteiger partial charge is 0.493 e. The van der Waals surface area contributed by atoms with Crippen molar-refractivity contribution in [2.45, 2.75) is 6.92 Å². The van der Waals surface area contributed by atoms with Gasteiger partial charge >= 0.3 is 0 Å². The Morgan fingerprint density at radius 1 is 1.15 bits per heavy atom. The summed E-state index contributed by atoms with van der Waals surface area (Å²) in [6, 6.07) is 12.1. The van der Waals surface area contributed by atoms with Crippen LogP contribution in [0, 0.1) is 0 Å². The number of ether oxygens (including phenoxy) is 2. The number of amides is 2. The Hall–Kier alpha value is -2.44. The lowest BCUT2D eigenvalue weighted by molar-refractivity contribution is -0.113. The molecule has 0 spiro atoms. The van der Waals surface area contributed by atoms with E-state index in [0.29, 0.717) is 39.3 Å². The number of rotatable bonds is 5. The maximum atomic E-state index is 12.7. The summed E-state index contributed by atoms with van der Waals surface area (Å²) in [4.78, 5) is 26.4. The summed E-state index contributed by atoms with van der Waals surface area (Å²) in [6.07, 6.45) is 1.59. The van der Waals surface area contributed by atoms with Gasteiger partial charge < -0.3 is 9.47 Å². The fraction of sp³-hybridized carbons (Fsp3) is 0.158. The molecule has 2 aromatic rings. The normalized spacial score (nSPS) is 15.7. The summed E-state index contributed by atoms with van der Waals surface area (Å²) < 4.78 is 10.8. The molecule has 2 amide bonds. The van der Waals surface area contributed by atoms with Crippen LogP contribution in [0.4, 0.5) is 10.5 Å². The van der Waals surface area contributed by atoms with Gasteiger partial charge in [-0.25, -0.2) is 4.90 Å². The fourth-order valence-electron chi connectivity index (χ4n) is 2.50. The fourth-order valence-corrected chi connectivity index (χ4v) is 3.54. The number of para-hydroxylation sites is 1. The molecule has 0 bridgehead atoms. The first kappa shape index (κ1) is 18.4. The number of imide groups is 1. The van der Waals surface area contributed by atoms with Crippen molar-refractivity contribution >= 4 is 46.3 Å². The topological polar surface area (TPSA) is 55.8 Å². The van der Waals surface area contributed by atoms with E-state index in [-0.39, 0.29) is 11.1 Å². The van der Waals surface area contributed by atoms with Crippen LogP contribution in [-0.4, -0.2) is 24.9 Å². The monoisotopic (exact) mass is 389 g/mol. The predicted octanol–water partition coefficient (Wildman–Crippen LogP) is 4.99. The molecule has 1 heterocycles. The maximum Gasteiger partial charge on any atom is 0.298 e. The summed E-state index contributed by atoms with van der Waals surface area (Å²) >= 11 is 7.19. The van der Waals surface area contributed by atoms with E-state index in [1.54, 1.807) is 42.5 Å². The molecule has 1 fully saturated rings. The van der Waals surface area contributed by atoms with Gasteiger partial charge in [0.1, 0.15) is 0 Å². The van der Waals surface area contributed by atoms with E-state index >= 15 is 0 Å². The van der Waals surface area contributed by atoms with Gasteiger partial charge in [-0.05, 0) is 48.5 Å². The molecule has 0 atom stereocenters. The standard InChI is InChI=1S/C19H16ClNO4S/c1-3-25-16-11-14(20)12(9-15(16)24-2)10-17-18(22)21(19(23)26-17)13-7-5-4-6-8-13/h4-11H,3H2,1-2H3/b17-10+. The number of thioether (sulfide) groups is 1. The van der Waals surface area contributed by atoms with Crippen molar-refractivity contribution in [1.82, 2.24) is 0 Å². The molecule has 134 valence electrons. The first-order valence-corrected chi connectivity index (χ1v) is 9.08. The molecule has 0 aliphatic carbocycles. The smallest absolute Gasteiger partial charge is 0.298 e. The van der Waals surface area contributed by atoms with Crippen molar-refractivity contribution in [3.8, 4) is 11.5 Å². The van der Waals surface area contributed by atoms with Gasteiger partial charge in [-0.1, -0.05) is 29.8 Å². The van der Waals surface area contributed by atoms with Crippen LogP contribution >= 0.6 is 23.4 Å². The van der Waals surface area contributed by atoms with E-state index in [1.165, 1.54) is 7.11 Å². The van der Waals surface area contributed by atoms with Crippen LogP contribution in [0.3, 0.4) is 0 Å². The zero-order valence-electron chi connectivity index (χ0n) is 14.2. The highest BCUT2D eigenvalue weighted by molar-refractivity contribution is 8.19. The highest BCUT2D eigenvalue weighted by atomic mass is 35.5. The van der Waals surface area contributed by atoms with E-state index in [4.69, 9.17) is 21.1 Å². The Labute approximate surface area is 160 Å². The van der Waals surface area contributed by atoms with Crippen molar-refractivity contribution in [2.75, 3.05) is 18.6 Å². The number of carbonyl (C=O) groups is 2. The molecule has 2 aromatic carbocycles. The highest BCUT2D eigenvalue weighted by Gasteiger charge is 2.36. The number of hydrogen-bond donors (Lipinski definition) is 0. The molecule has 0 aromatic heterocycles. The zero-order chi connectivity index (χ0) is 18.7. The van der Waals surface area contributed by atoms with Crippen LogP contribution in [0.25, 0.3) is 6.08 Å². The number of benzene rings is 2. The summed E-state index contributed by atoms with van der Waals surface area (Å²) in [5.74, 6) is 0.648. The zero-order valence-corrected chi connectivity index (χ0v) is 15.8. The molecule has 7 heteroatoms. The molecule has 5 nitrogen and oxygen atoms in total. The Morgan fingerprint density at radius 2 is 1.88 bits per heavy atom. The van der Waals surface area contributed by atoms with Crippen LogP contribution in [0.15, 0.2) is 47.4 Å². The highest BCUT2D eigenvalue weighted by Crippen LogP contribution is 2.39. The number of carbonyl (C=O) groups excluding carboxylic acids is 2. The Bertz CT molecular complexity index is 883. The number of methoxy groups -OCH3 is 1. The average molecular weight is 390 g/mol. The third-order valence-corrected chi connectivity index (χ3v) is 4.87. The van der Waals surface area contributed by atoms with Gasteiger partial charge in [-0.15, -0.1) is 0 Å². The summed E-state index contributed by atoms with van der Waals surface area (Å²) in [7, 11) is 1.53. The van der Waals surface area contributed by atoms with E-state index in [2.05, 4.69) is 0 Å². The van der Waals surface area contributed by atoms with Crippen LogP contribution in [0.5, 0.6) is 11.5 Å². The average Bonchev–Trinajstić information content (AvgIpc) is 2.91. The molecule has 1 saturated heterocycles. The Kier molecular flexibility index (Phi) is 5.54. The molecule has 0 unspecified atom stereocenters. The van der Waals surface area contributed by atoms with Crippen molar-refractivity contribution in [1.29, 1.82) is 0 Å². The lowest BCUT2D eigenvalue weighted by atomic mass is 10.1. The molecule has 3 rings (SSSR count). The van der Waals surface area contributed by atoms with Crippen LogP contribution in [0.1, 0.15) is 12.5 Å². The van der Waals surface area contributed by atoms with Gasteiger partial charge in [0.15, 0.2) is 11.5 Å². The van der Waals surface area contributed by atoms with Crippen molar-refractivity contribution in [2.24, 2.45) is 0 Å². The molecule has 0 N–H and O–H groups in total. The first-order chi connectivity index (χ1) is 12.5. The summed E-state index contributed by atoms with van der Waals surface area (Å²) in [5, 5.41) is 0.0576. The first-order valence-electron chi connectivity index (χ1n) is 7.88. The van der Waals surface area contributed by atoms with Crippen molar-refractivity contribution < 1.29 is 19.1 Å². The van der Waals surface area contributed by atoms with Gasteiger partial charge in [0.05, 0.1) is 29.3 Å². The number of halogens is 1. The molecular formula is C19H16ClNO4S. The summed E-state index contributed by atoms with van der Waals surface area (Å²) in [5.41, 5.74) is 1.11. The summed E-state index contributed by atoms with van der Waals surface area (Å²) in [6.45, 7) is 2.34. The lowest BCUT2D eigenvalue weighted by Gasteiger charge is -2.12. The van der Waals surface area contributed by atoms with E-state index in [9.17, 15) is 9.59 Å². The maximum absolute atomic E-state index is 12.7. The second kappa shape index (κ2) is 7.85. The van der Waals surface area contributed by atoms with E-state index in [1.807, 2.05) is 13.0 Å². The van der Waals surface area contributed by atoms with Crippen molar-refractivity contribution in [3.63, 3.8) is 0 Å². The van der Waals surface area contributed by atoms with Gasteiger partial charge in [0.25, 0.3) is 11.1 Å². The molecule has 1 aliphatic rings. The third-order valence-electron chi connectivity index (χ3n) is 3.68. The van der Waals surface area contributed by atoms with E-state index in [0.717, 1.165) is 16.7 Å². The van der Waals surface area contributed by atoms with Gasteiger partial charge in [-0.3, -0.25) is 9.59 Å². The van der Waals surface area contributed by atoms with E-state index < -0.39 is 0 Å². The van der Waals surface area contributed by atoms with Crippen LogP contribution in [0.2, 0.25) is 5.02 Å². The van der Waals surface area contributed by atoms with Gasteiger partial charge in [0.2, 0.25) is 0 Å².